The summed E-state index contributed by atoms with van der Waals surface area (Å²) < 4.78 is 0. The zero-order valence-electron chi connectivity index (χ0n) is 17.2. The molecule has 1 aliphatic heterocycles. The first kappa shape index (κ1) is 19.2. The van der Waals surface area contributed by atoms with Crippen LogP contribution in [-0.2, 0) is 6.42 Å². The molecule has 2 unspecified atom stereocenters. The van der Waals surface area contributed by atoms with Gasteiger partial charge >= 0.3 is 0 Å². The van der Waals surface area contributed by atoms with Crippen molar-refractivity contribution in [3.05, 3.63) is 65.2 Å². The number of imidazole rings is 1. The number of rotatable bonds is 7. The molecule has 32 heavy (non-hydrogen) atoms. The number of anilines is 2. The number of nitrogens with one attached hydrogen (secondary N) is 3. The Bertz CT molecular complexity index is 1210. The largest absolute Gasteiger partial charge is 0.356 e. The first-order valence-corrected chi connectivity index (χ1v) is 11.1. The predicted molar refractivity (Wildman–Crippen MR) is 122 cm³/mol. The van der Waals surface area contributed by atoms with Crippen LogP contribution >= 0.6 is 11.6 Å². The number of aromatic amines is 2. The monoisotopic (exact) mass is 447 g/mol. The van der Waals surface area contributed by atoms with Gasteiger partial charge in [-0.15, -0.1) is 0 Å². The summed E-state index contributed by atoms with van der Waals surface area (Å²) >= 11 is 6.23. The van der Waals surface area contributed by atoms with E-state index in [0.29, 0.717) is 30.2 Å². The molecule has 0 radical (unpaired) electrons. The predicted octanol–water partition coefficient (Wildman–Crippen LogP) is 3.14. The number of hydrogen-bond donors (Lipinski definition) is 3. The Morgan fingerprint density at radius 1 is 1.09 bits per heavy atom. The number of piperidine rings is 1. The van der Waals surface area contributed by atoms with E-state index in [9.17, 15) is 0 Å². The van der Waals surface area contributed by atoms with E-state index in [0.717, 1.165) is 53.1 Å². The number of fused-ring (bicyclic) bond motifs is 1. The molecule has 9 nitrogen and oxygen atoms in total. The number of halogens is 1. The quantitative estimate of drug-likeness (QED) is 0.399. The summed E-state index contributed by atoms with van der Waals surface area (Å²) in [4.78, 5) is 19.3. The molecule has 0 amide bonds. The van der Waals surface area contributed by atoms with Gasteiger partial charge in [0.1, 0.15) is 11.5 Å². The van der Waals surface area contributed by atoms with Crippen LogP contribution in [0.3, 0.4) is 0 Å². The lowest BCUT2D eigenvalue weighted by molar-refractivity contribution is 0.729. The van der Waals surface area contributed by atoms with Crippen molar-refractivity contribution in [1.29, 1.82) is 0 Å². The van der Waals surface area contributed by atoms with E-state index < -0.39 is 0 Å². The van der Waals surface area contributed by atoms with Gasteiger partial charge in [-0.1, -0.05) is 29.8 Å². The second kappa shape index (κ2) is 7.90. The van der Waals surface area contributed by atoms with Gasteiger partial charge in [0.15, 0.2) is 5.82 Å². The van der Waals surface area contributed by atoms with Crippen molar-refractivity contribution in [1.82, 2.24) is 35.3 Å². The van der Waals surface area contributed by atoms with Gasteiger partial charge in [-0.2, -0.15) is 15.4 Å². The fraction of sp³-hybridized carbons (Fsp3) is 0.318. The highest BCUT2D eigenvalue weighted by Crippen LogP contribution is 2.57. The molecule has 0 bridgehead atoms. The molecule has 4 heterocycles. The minimum Gasteiger partial charge on any atom is -0.356 e. The van der Waals surface area contributed by atoms with Crippen molar-refractivity contribution in [3.63, 3.8) is 0 Å². The summed E-state index contributed by atoms with van der Waals surface area (Å²) in [5.74, 6) is 4.15. The zero-order chi connectivity index (χ0) is 21.5. The van der Waals surface area contributed by atoms with Crippen molar-refractivity contribution in [2.75, 3.05) is 29.9 Å². The molecule has 1 aromatic carbocycles. The number of nitrogens with zero attached hydrogens (tertiary/aromatic N) is 6. The van der Waals surface area contributed by atoms with Crippen LogP contribution in [-0.4, -0.2) is 55.0 Å². The second-order valence-corrected chi connectivity index (χ2v) is 8.71. The molecule has 1 saturated carbocycles. The second-order valence-electron chi connectivity index (χ2n) is 8.30. The van der Waals surface area contributed by atoms with E-state index >= 15 is 0 Å². The van der Waals surface area contributed by atoms with E-state index in [1.165, 1.54) is 0 Å². The molecule has 4 aromatic rings. The van der Waals surface area contributed by atoms with E-state index in [-0.39, 0.29) is 0 Å². The average Bonchev–Trinajstić information content (AvgIpc) is 3.35. The first-order valence-electron chi connectivity index (χ1n) is 10.7. The lowest BCUT2D eigenvalue weighted by Gasteiger charge is -2.19. The van der Waals surface area contributed by atoms with Crippen LogP contribution in [0.25, 0.3) is 11.5 Å². The number of hydrogen-bond acceptors (Lipinski definition) is 7. The summed E-state index contributed by atoms with van der Waals surface area (Å²) in [7, 11) is 0. The van der Waals surface area contributed by atoms with Gasteiger partial charge in [-0.05, 0) is 36.0 Å². The highest BCUT2D eigenvalue weighted by molar-refractivity contribution is 6.31. The van der Waals surface area contributed by atoms with Gasteiger partial charge < -0.3 is 15.2 Å². The van der Waals surface area contributed by atoms with Crippen LogP contribution < -0.4 is 10.2 Å². The molecule has 1 aliphatic carbocycles. The van der Waals surface area contributed by atoms with Crippen molar-refractivity contribution in [3.8, 4) is 11.5 Å². The third kappa shape index (κ3) is 3.58. The lowest BCUT2D eigenvalue weighted by atomic mass is 10.1. The van der Waals surface area contributed by atoms with Crippen molar-refractivity contribution in [2.24, 2.45) is 11.8 Å². The smallest absolute Gasteiger partial charge is 0.223 e. The van der Waals surface area contributed by atoms with Gasteiger partial charge in [0.05, 0.1) is 18.1 Å². The Hall–Kier alpha value is -3.46. The van der Waals surface area contributed by atoms with Crippen LogP contribution in [0.5, 0.6) is 0 Å². The Balaban J connectivity index is 1.08. The third-order valence-electron chi connectivity index (χ3n) is 6.41. The third-order valence-corrected chi connectivity index (χ3v) is 6.77. The topological polar surface area (TPSA) is 111 Å². The van der Waals surface area contributed by atoms with Gasteiger partial charge in [-0.25, -0.2) is 15.0 Å². The summed E-state index contributed by atoms with van der Waals surface area (Å²) in [5, 5.41) is 15.0. The van der Waals surface area contributed by atoms with Gasteiger partial charge in [-0.3, -0.25) is 0 Å². The van der Waals surface area contributed by atoms with Crippen molar-refractivity contribution < 1.29 is 0 Å². The van der Waals surface area contributed by atoms with E-state index in [1.54, 1.807) is 6.20 Å². The maximum Gasteiger partial charge on any atom is 0.223 e. The molecule has 1 saturated heterocycles. The van der Waals surface area contributed by atoms with E-state index in [1.807, 2.05) is 42.7 Å². The molecule has 0 spiro atoms. The molecule has 6 rings (SSSR count). The molecular weight excluding hydrogens is 426 g/mol. The molecule has 2 aliphatic rings. The van der Waals surface area contributed by atoms with Gasteiger partial charge in [0.25, 0.3) is 0 Å². The number of benzene rings is 1. The molecular formula is C22H22ClN9. The SMILES string of the molecule is Clc1ccccc1CCNc1nccc(-c2ncc(N3CC4C(C3)C4c3cn[nH]n3)[nH]2)n1. The average molecular weight is 448 g/mol. The minimum atomic E-state index is 0.536. The van der Waals surface area contributed by atoms with Gasteiger partial charge in [0, 0.05) is 36.8 Å². The summed E-state index contributed by atoms with van der Waals surface area (Å²) in [6.45, 7) is 2.70. The fourth-order valence-electron chi connectivity index (χ4n) is 4.72. The van der Waals surface area contributed by atoms with Crippen LogP contribution in [0.2, 0.25) is 5.02 Å². The van der Waals surface area contributed by atoms with E-state index in [2.05, 4.69) is 45.6 Å². The number of H-pyrrole nitrogens is 2. The van der Waals surface area contributed by atoms with Gasteiger partial charge in [0.2, 0.25) is 5.95 Å². The van der Waals surface area contributed by atoms with Crippen LogP contribution in [0.15, 0.2) is 48.9 Å². The van der Waals surface area contributed by atoms with Crippen LogP contribution in [0.1, 0.15) is 17.2 Å². The van der Waals surface area contributed by atoms with Crippen molar-refractivity contribution in [2.45, 2.75) is 12.3 Å². The standard InChI is InChI=1S/C22H22ClN9/c23-16-4-2-1-3-13(16)5-7-24-22-25-8-6-17(28-22)21-26-10-19(29-21)32-11-14-15(12-32)20(14)18-9-27-31-30-18/h1-4,6,8-10,14-15,20H,5,7,11-12H2,(H,26,29)(H,24,25,28)(H,27,30,31). The number of aromatic nitrogens is 7. The maximum absolute atomic E-state index is 6.23. The molecule has 162 valence electrons. The van der Waals surface area contributed by atoms with Crippen molar-refractivity contribution >= 4 is 23.4 Å². The first-order chi connectivity index (χ1) is 15.8. The highest BCUT2D eigenvalue weighted by Gasteiger charge is 2.57. The Labute approximate surface area is 189 Å². The highest BCUT2D eigenvalue weighted by atomic mass is 35.5. The molecule has 2 fully saturated rings. The van der Waals surface area contributed by atoms with Crippen LogP contribution in [0, 0.1) is 11.8 Å². The normalized spacial score (nSPS) is 21.5. The fourth-order valence-corrected chi connectivity index (χ4v) is 4.95. The Morgan fingerprint density at radius 2 is 1.97 bits per heavy atom. The summed E-state index contributed by atoms with van der Waals surface area (Å²) in [6.07, 6.45) is 6.27. The maximum atomic E-state index is 6.23. The molecule has 10 heteroatoms. The Morgan fingerprint density at radius 3 is 2.78 bits per heavy atom. The van der Waals surface area contributed by atoms with Crippen LogP contribution in [0.4, 0.5) is 11.8 Å². The van der Waals surface area contributed by atoms with E-state index in [4.69, 9.17) is 11.6 Å². The lowest BCUT2D eigenvalue weighted by Crippen LogP contribution is -2.23. The molecule has 3 aromatic heterocycles. The summed E-state index contributed by atoms with van der Waals surface area (Å²) in [5.41, 5.74) is 2.94. The molecule has 2 atom stereocenters. The summed E-state index contributed by atoms with van der Waals surface area (Å²) in [6, 6.07) is 9.72. The molecule has 3 N–H and O–H groups in total. The minimum absolute atomic E-state index is 0.536. The Kier molecular flexibility index (Phi) is 4.75. The zero-order valence-corrected chi connectivity index (χ0v) is 18.0.